The van der Waals surface area contributed by atoms with Crippen LogP contribution in [0.5, 0.6) is 0 Å². The summed E-state index contributed by atoms with van der Waals surface area (Å²) < 4.78 is 0. The second-order valence-corrected chi connectivity index (χ2v) is 5.50. The Morgan fingerprint density at radius 3 is 2.85 bits per heavy atom. The van der Waals surface area contributed by atoms with Crippen molar-refractivity contribution in [2.24, 2.45) is 0 Å². The minimum absolute atomic E-state index is 0.770. The molecular weight excluding hydrogens is 226 g/mol. The van der Waals surface area contributed by atoms with Crippen LogP contribution >= 0.6 is 15.9 Å². The molecule has 0 bridgehead atoms. The van der Waals surface area contributed by atoms with Gasteiger partial charge in [-0.1, -0.05) is 29.3 Å². The summed E-state index contributed by atoms with van der Waals surface area (Å²) in [4.78, 5) is 3.43. The van der Waals surface area contributed by atoms with E-state index in [1.807, 2.05) is 0 Å². The summed E-state index contributed by atoms with van der Waals surface area (Å²) in [6.07, 6.45) is 6.72. The number of halogens is 1. The van der Waals surface area contributed by atoms with Crippen molar-refractivity contribution in [1.82, 2.24) is 4.90 Å². The van der Waals surface area contributed by atoms with Crippen LogP contribution in [0.4, 0.5) is 0 Å². The maximum absolute atomic E-state index is 3.73. The lowest BCUT2D eigenvalue weighted by Crippen LogP contribution is -2.33. The molecule has 2 heteroatoms. The first kappa shape index (κ1) is 11.5. The molecule has 1 fully saturated rings. The lowest BCUT2D eigenvalue weighted by atomic mass is 10.1. The second kappa shape index (κ2) is 6.02. The number of nitrogens with zero attached hydrogens (tertiary/aromatic N) is 1. The van der Waals surface area contributed by atoms with Gasteiger partial charge in [0.05, 0.1) is 0 Å². The van der Waals surface area contributed by atoms with Gasteiger partial charge in [-0.3, -0.25) is 0 Å². The van der Waals surface area contributed by atoms with Crippen molar-refractivity contribution < 1.29 is 0 Å². The van der Waals surface area contributed by atoms with Crippen LogP contribution in [0.1, 0.15) is 46.0 Å². The average molecular weight is 248 g/mol. The summed E-state index contributed by atoms with van der Waals surface area (Å²) in [5.41, 5.74) is 0. The van der Waals surface area contributed by atoms with E-state index in [1.54, 1.807) is 0 Å². The van der Waals surface area contributed by atoms with Crippen LogP contribution < -0.4 is 0 Å². The molecule has 0 aromatic heterocycles. The molecule has 1 heterocycles. The standard InChI is InChI=1S/C11H22BrN/c1-3-5-10(2)13-8-4-6-11(12)7-9-13/h10-11H,3-9H2,1-2H3. The third-order valence-electron chi connectivity index (χ3n) is 3.02. The topological polar surface area (TPSA) is 3.24 Å². The minimum Gasteiger partial charge on any atom is -0.301 e. The van der Waals surface area contributed by atoms with Crippen LogP contribution in [0.15, 0.2) is 0 Å². The summed E-state index contributed by atoms with van der Waals surface area (Å²) >= 11 is 3.73. The van der Waals surface area contributed by atoms with E-state index in [9.17, 15) is 0 Å². The lowest BCUT2D eigenvalue weighted by Gasteiger charge is -2.27. The summed E-state index contributed by atoms with van der Waals surface area (Å²) in [6, 6.07) is 0.794. The highest BCUT2D eigenvalue weighted by atomic mass is 79.9. The van der Waals surface area contributed by atoms with E-state index in [0.717, 1.165) is 10.9 Å². The van der Waals surface area contributed by atoms with Gasteiger partial charge in [0.15, 0.2) is 0 Å². The van der Waals surface area contributed by atoms with Crippen molar-refractivity contribution in [3.63, 3.8) is 0 Å². The molecule has 1 saturated heterocycles. The highest BCUT2D eigenvalue weighted by molar-refractivity contribution is 9.09. The van der Waals surface area contributed by atoms with Crippen LogP contribution in [0, 0.1) is 0 Å². The molecule has 0 radical (unpaired) electrons. The molecule has 0 aromatic carbocycles. The van der Waals surface area contributed by atoms with Gasteiger partial charge >= 0.3 is 0 Å². The number of hydrogen-bond donors (Lipinski definition) is 0. The third-order valence-corrected chi connectivity index (χ3v) is 3.94. The van der Waals surface area contributed by atoms with E-state index in [-0.39, 0.29) is 0 Å². The first-order valence-electron chi connectivity index (χ1n) is 5.62. The Morgan fingerprint density at radius 1 is 1.38 bits per heavy atom. The van der Waals surface area contributed by atoms with E-state index in [1.165, 1.54) is 45.2 Å². The van der Waals surface area contributed by atoms with E-state index in [2.05, 4.69) is 34.7 Å². The number of hydrogen-bond acceptors (Lipinski definition) is 1. The van der Waals surface area contributed by atoms with Crippen molar-refractivity contribution in [3.8, 4) is 0 Å². The third kappa shape index (κ3) is 3.99. The molecule has 1 aliphatic heterocycles. The van der Waals surface area contributed by atoms with Crippen molar-refractivity contribution in [2.45, 2.75) is 56.8 Å². The van der Waals surface area contributed by atoms with Gasteiger partial charge in [-0.25, -0.2) is 0 Å². The quantitative estimate of drug-likeness (QED) is 0.692. The number of rotatable bonds is 3. The fraction of sp³-hybridized carbons (Fsp3) is 1.00. The molecule has 13 heavy (non-hydrogen) atoms. The highest BCUT2D eigenvalue weighted by Crippen LogP contribution is 2.20. The van der Waals surface area contributed by atoms with Crippen LogP contribution in [-0.4, -0.2) is 28.9 Å². The zero-order valence-electron chi connectivity index (χ0n) is 8.93. The van der Waals surface area contributed by atoms with Crippen LogP contribution in [0.2, 0.25) is 0 Å². The first-order chi connectivity index (χ1) is 6.24. The van der Waals surface area contributed by atoms with E-state index >= 15 is 0 Å². The van der Waals surface area contributed by atoms with Gasteiger partial charge in [-0.2, -0.15) is 0 Å². The van der Waals surface area contributed by atoms with Gasteiger partial charge in [-0.15, -0.1) is 0 Å². The molecule has 0 aliphatic carbocycles. The molecule has 0 amide bonds. The molecule has 0 aromatic rings. The zero-order valence-corrected chi connectivity index (χ0v) is 10.5. The van der Waals surface area contributed by atoms with Crippen LogP contribution in [0.25, 0.3) is 0 Å². The Hall–Kier alpha value is 0.440. The Kier molecular flexibility index (Phi) is 5.34. The average Bonchev–Trinajstić information content (AvgIpc) is 2.30. The minimum atomic E-state index is 0.770. The van der Waals surface area contributed by atoms with Crippen molar-refractivity contribution in [2.75, 3.05) is 13.1 Å². The smallest absolute Gasteiger partial charge is 0.0158 e. The molecule has 1 aliphatic rings. The molecule has 1 nitrogen and oxygen atoms in total. The van der Waals surface area contributed by atoms with Crippen molar-refractivity contribution in [1.29, 1.82) is 0 Å². The Balaban J connectivity index is 2.32. The maximum Gasteiger partial charge on any atom is 0.0158 e. The largest absolute Gasteiger partial charge is 0.301 e. The van der Waals surface area contributed by atoms with E-state index in [4.69, 9.17) is 0 Å². The van der Waals surface area contributed by atoms with E-state index in [0.29, 0.717) is 0 Å². The molecule has 78 valence electrons. The fourth-order valence-corrected chi connectivity index (χ4v) is 2.65. The molecule has 0 N–H and O–H groups in total. The van der Waals surface area contributed by atoms with Gasteiger partial charge < -0.3 is 4.90 Å². The summed E-state index contributed by atoms with van der Waals surface area (Å²) in [5, 5.41) is 0. The first-order valence-corrected chi connectivity index (χ1v) is 6.53. The second-order valence-electron chi connectivity index (χ2n) is 4.20. The summed E-state index contributed by atoms with van der Waals surface area (Å²) in [7, 11) is 0. The Morgan fingerprint density at radius 2 is 2.15 bits per heavy atom. The summed E-state index contributed by atoms with van der Waals surface area (Å²) in [5.74, 6) is 0. The molecule has 2 unspecified atom stereocenters. The highest BCUT2D eigenvalue weighted by Gasteiger charge is 2.18. The van der Waals surface area contributed by atoms with Gasteiger partial charge in [0.1, 0.15) is 0 Å². The SMILES string of the molecule is CCCC(C)N1CCCC(Br)CC1. The molecule has 2 atom stereocenters. The number of likely N-dealkylation sites (tertiary alicyclic amines) is 1. The number of alkyl halides is 1. The van der Waals surface area contributed by atoms with Crippen LogP contribution in [0.3, 0.4) is 0 Å². The molecule has 1 rings (SSSR count). The van der Waals surface area contributed by atoms with Crippen molar-refractivity contribution >= 4 is 15.9 Å². The van der Waals surface area contributed by atoms with Gasteiger partial charge in [0.2, 0.25) is 0 Å². The Bertz CT molecular complexity index is 138. The maximum atomic E-state index is 3.73. The van der Waals surface area contributed by atoms with Gasteiger partial charge in [0, 0.05) is 10.9 Å². The molecule has 0 spiro atoms. The normalized spacial score (nSPS) is 28.4. The monoisotopic (exact) mass is 247 g/mol. The predicted octanol–water partition coefficient (Wildman–Crippen LogP) is 3.42. The van der Waals surface area contributed by atoms with Gasteiger partial charge in [-0.05, 0) is 45.7 Å². The molecular formula is C11H22BrN. The van der Waals surface area contributed by atoms with Crippen LogP contribution in [-0.2, 0) is 0 Å². The predicted molar refractivity (Wildman–Crippen MR) is 62.5 cm³/mol. The van der Waals surface area contributed by atoms with Crippen molar-refractivity contribution in [3.05, 3.63) is 0 Å². The summed E-state index contributed by atoms with van der Waals surface area (Å²) in [6.45, 7) is 7.25. The fourth-order valence-electron chi connectivity index (χ4n) is 2.12. The molecule has 0 saturated carbocycles. The van der Waals surface area contributed by atoms with E-state index < -0.39 is 0 Å². The Labute approximate surface area is 91.0 Å². The lowest BCUT2D eigenvalue weighted by molar-refractivity contribution is 0.206. The zero-order chi connectivity index (χ0) is 9.68. The van der Waals surface area contributed by atoms with Gasteiger partial charge in [0.25, 0.3) is 0 Å².